The van der Waals surface area contributed by atoms with Gasteiger partial charge in [-0.05, 0) is 67.0 Å². The maximum Gasteiger partial charge on any atom is 0.0721 e. The van der Waals surface area contributed by atoms with E-state index in [4.69, 9.17) is 4.74 Å². The summed E-state index contributed by atoms with van der Waals surface area (Å²) in [5, 5.41) is 3.47. The molecule has 2 aliphatic rings. The summed E-state index contributed by atoms with van der Waals surface area (Å²) in [7, 11) is 2.06. The van der Waals surface area contributed by atoms with Crippen LogP contribution in [0, 0.1) is 12.3 Å². The van der Waals surface area contributed by atoms with Crippen LogP contribution in [0.4, 0.5) is 5.69 Å². The molecular weight excluding hydrogens is 368 g/mol. The summed E-state index contributed by atoms with van der Waals surface area (Å²) in [5.74, 6) is 0. The van der Waals surface area contributed by atoms with Crippen LogP contribution in [0.25, 0.3) is 0 Å². The lowest BCUT2D eigenvalue weighted by atomic mass is 9.50. The number of anilines is 1. The Bertz CT molecular complexity index is 891. The predicted molar refractivity (Wildman–Crippen MR) is 126 cm³/mol. The third-order valence-corrected chi connectivity index (χ3v) is 8.20. The van der Waals surface area contributed by atoms with Crippen molar-refractivity contribution in [2.45, 2.75) is 71.6 Å². The molecule has 1 aliphatic carbocycles. The van der Waals surface area contributed by atoms with Crippen LogP contribution in [-0.2, 0) is 23.2 Å². The zero-order valence-electron chi connectivity index (χ0n) is 19.6. The molecule has 0 amide bonds. The molecule has 3 atom stereocenters. The van der Waals surface area contributed by atoms with Gasteiger partial charge in [-0.3, -0.25) is 4.90 Å². The van der Waals surface area contributed by atoms with Gasteiger partial charge in [0.05, 0.1) is 12.7 Å². The Balaban J connectivity index is 1.56. The van der Waals surface area contributed by atoms with Crippen LogP contribution in [0.15, 0.2) is 42.5 Å². The molecular formula is C27H38N2O. The van der Waals surface area contributed by atoms with E-state index in [1.165, 1.54) is 28.8 Å². The number of fused-ring (bicyclic) bond motifs is 4. The van der Waals surface area contributed by atoms with Gasteiger partial charge in [-0.15, -0.1) is 0 Å². The summed E-state index contributed by atoms with van der Waals surface area (Å²) < 4.78 is 6.24. The van der Waals surface area contributed by atoms with Crippen molar-refractivity contribution in [1.29, 1.82) is 0 Å². The molecule has 2 aromatic carbocycles. The molecule has 1 saturated heterocycles. The van der Waals surface area contributed by atoms with Gasteiger partial charge in [0.25, 0.3) is 0 Å². The summed E-state index contributed by atoms with van der Waals surface area (Å²) in [6.07, 6.45) is 2.53. The number of hydrogen-bond acceptors (Lipinski definition) is 3. The first-order valence-electron chi connectivity index (χ1n) is 11.5. The molecule has 0 saturated carbocycles. The molecule has 1 N–H and O–H groups in total. The monoisotopic (exact) mass is 406 g/mol. The van der Waals surface area contributed by atoms with E-state index in [0.717, 1.165) is 19.5 Å². The molecule has 1 aliphatic heterocycles. The third kappa shape index (κ3) is 3.46. The van der Waals surface area contributed by atoms with Crippen LogP contribution in [0.1, 0.15) is 56.4 Å². The second-order valence-corrected chi connectivity index (χ2v) is 10.2. The Labute approximate surface area is 182 Å². The molecule has 1 heterocycles. The number of piperidine rings is 1. The lowest BCUT2D eigenvalue weighted by Crippen LogP contribution is -2.64. The van der Waals surface area contributed by atoms with Gasteiger partial charge in [-0.25, -0.2) is 0 Å². The lowest BCUT2D eigenvalue weighted by Gasteiger charge is -2.61. The Morgan fingerprint density at radius 3 is 2.57 bits per heavy atom. The highest BCUT2D eigenvalue weighted by Gasteiger charge is 2.56. The SMILES string of the molecule is CNc1ccc(C)c2c1CC1N(CC(C)OCc3ccccc3)CCC2(C)C1(C)C. The maximum atomic E-state index is 6.24. The minimum atomic E-state index is 0.201. The van der Waals surface area contributed by atoms with Gasteiger partial charge in [0, 0.05) is 30.7 Å². The summed E-state index contributed by atoms with van der Waals surface area (Å²) in [6, 6.07) is 15.6. The second-order valence-electron chi connectivity index (χ2n) is 10.2. The Morgan fingerprint density at radius 2 is 1.87 bits per heavy atom. The average Bonchev–Trinajstić information content (AvgIpc) is 2.72. The van der Waals surface area contributed by atoms with E-state index in [2.05, 4.69) is 94.3 Å². The minimum Gasteiger partial charge on any atom is -0.388 e. The Morgan fingerprint density at radius 1 is 1.13 bits per heavy atom. The standard InChI is InChI=1S/C27H38N2O/c1-19-12-13-23(28-6)22-16-24-26(3,4)27(5,25(19)22)14-15-29(24)17-20(2)30-18-21-10-8-7-9-11-21/h7-13,20,24,28H,14-18H2,1-6H3. The Hall–Kier alpha value is -1.84. The van der Waals surface area contributed by atoms with Crippen molar-refractivity contribution in [3.05, 3.63) is 64.7 Å². The number of aryl methyl sites for hydroxylation is 1. The van der Waals surface area contributed by atoms with Gasteiger partial charge >= 0.3 is 0 Å². The first-order valence-corrected chi connectivity index (χ1v) is 11.5. The number of nitrogens with one attached hydrogen (secondary N) is 1. The molecule has 1 fully saturated rings. The molecule has 0 spiro atoms. The number of likely N-dealkylation sites (tertiary alicyclic amines) is 1. The molecule has 30 heavy (non-hydrogen) atoms. The second kappa shape index (κ2) is 8.01. The molecule has 4 rings (SSSR count). The van der Waals surface area contributed by atoms with E-state index in [1.54, 1.807) is 5.56 Å². The van der Waals surface area contributed by atoms with Crippen molar-refractivity contribution in [3.8, 4) is 0 Å². The quantitative estimate of drug-likeness (QED) is 0.680. The van der Waals surface area contributed by atoms with Crippen LogP contribution in [0.5, 0.6) is 0 Å². The molecule has 0 radical (unpaired) electrons. The van der Waals surface area contributed by atoms with Crippen molar-refractivity contribution < 1.29 is 4.74 Å². The summed E-state index contributed by atoms with van der Waals surface area (Å²) in [6.45, 7) is 14.8. The van der Waals surface area contributed by atoms with Gasteiger partial charge in [-0.1, -0.05) is 57.2 Å². The van der Waals surface area contributed by atoms with E-state index in [1.807, 2.05) is 0 Å². The molecule has 3 nitrogen and oxygen atoms in total. The third-order valence-electron chi connectivity index (χ3n) is 8.20. The fraction of sp³-hybridized carbons (Fsp3) is 0.556. The maximum absolute atomic E-state index is 6.24. The van der Waals surface area contributed by atoms with E-state index < -0.39 is 0 Å². The van der Waals surface area contributed by atoms with Crippen LogP contribution >= 0.6 is 0 Å². The highest BCUT2D eigenvalue weighted by molar-refractivity contribution is 5.61. The summed E-state index contributed by atoms with van der Waals surface area (Å²) in [5.41, 5.74) is 7.55. The molecule has 2 aromatic rings. The number of nitrogens with zero attached hydrogens (tertiary/aromatic N) is 1. The van der Waals surface area contributed by atoms with Crippen molar-refractivity contribution >= 4 is 5.69 Å². The first kappa shape index (κ1) is 21.4. The number of benzene rings is 2. The summed E-state index contributed by atoms with van der Waals surface area (Å²) >= 11 is 0. The van der Waals surface area contributed by atoms with Crippen molar-refractivity contribution in [3.63, 3.8) is 0 Å². The first-order chi connectivity index (χ1) is 14.3. The van der Waals surface area contributed by atoms with Crippen molar-refractivity contribution in [2.24, 2.45) is 5.41 Å². The topological polar surface area (TPSA) is 24.5 Å². The summed E-state index contributed by atoms with van der Waals surface area (Å²) in [4.78, 5) is 2.71. The van der Waals surface area contributed by atoms with Crippen molar-refractivity contribution in [2.75, 3.05) is 25.5 Å². The van der Waals surface area contributed by atoms with E-state index in [-0.39, 0.29) is 16.9 Å². The van der Waals surface area contributed by atoms with Crippen LogP contribution in [-0.4, -0.2) is 37.2 Å². The average molecular weight is 407 g/mol. The highest BCUT2D eigenvalue weighted by atomic mass is 16.5. The smallest absolute Gasteiger partial charge is 0.0721 e. The highest BCUT2D eigenvalue weighted by Crippen LogP contribution is 2.57. The fourth-order valence-corrected chi connectivity index (χ4v) is 6.09. The largest absolute Gasteiger partial charge is 0.388 e. The van der Waals surface area contributed by atoms with Crippen LogP contribution in [0.3, 0.4) is 0 Å². The van der Waals surface area contributed by atoms with Gasteiger partial charge in [0.1, 0.15) is 0 Å². The van der Waals surface area contributed by atoms with E-state index in [9.17, 15) is 0 Å². The number of hydrogen-bond donors (Lipinski definition) is 1. The molecule has 2 bridgehead atoms. The van der Waals surface area contributed by atoms with Gasteiger partial charge < -0.3 is 10.1 Å². The zero-order chi connectivity index (χ0) is 21.5. The minimum absolute atomic E-state index is 0.201. The van der Waals surface area contributed by atoms with Gasteiger partial charge in [0.15, 0.2) is 0 Å². The van der Waals surface area contributed by atoms with E-state index >= 15 is 0 Å². The fourth-order valence-electron chi connectivity index (χ4n) is 6.09. The molecule has 3 heteroatoms. The normalized spacial score (nSPS) is 26.1. The predicted octanol–water partition coefficient (Wildman–Crippen LogP) is 5.56. The molecule has 162 valence electrons. The molecule has 3 unspecified atom stereocenters. The lowest BCUT2D eigenvalue weighted by molar-refractivity contribution is -0.0649. The van der Waals surface area contributed by atoms with Gasteiger partial charge in [0.2, 0.25) is 0 Å². The van der Waals surface area contributed by atoms with Crippen LogP contribution < -0.4 is 5.32 Å². The zero-order valence-corrected chi connectivity index (χ0v) is 19.6. The van der Waals surface area contributed by atoms with Gasteiger partial charge in [-0.2, -0.15) is 0 Å². The number of rotatable bonds is 6. The Kier molecular flexibility index (Phi) is 5.71. The number of ether oxygens (including phenoxy) is 1. The van der Waals surface area contributed by atoms with Crippen molar-refractivity contribution in [1.82, 2.24) is 4.90 Å². The molecule has 0 aromatic heterocycles. The van der Waals surface area contributed by atoms with E-state index in [0.29, 0.717) is 12.6 Å². The van der Waals surface area contributed by atoms with Crippen LogP contribution in [0.2, 0.25) is 0 Å².